The van der Waals surface area contributed by atoms with Crippen molar-refractivity contribution in [3.8, 4) is 5.75 Å². The van der Waals surface area contributed by atoms with E-state index in [-0.39, 0.29) is 17.2 Å². The summed E-state index contributed by atoms with van der Waals surface area (Å²) in [7, 11) is 0. The number of aromatic hydroxyl groups is 1. The number of hydrogen-bond donors (Lipinski definition) is 2. The number of carbonyl (C=O) groups is 1. The van der Waals surface area contributed by atoms with Gasteiger partial charge in [-0.1, -0.05) is 22.0 Å². The van der Waals surface area contributed by atoms with Crippen LogP contribution in [0, 0.1) is 0 Å². The minimum Gasteiger partial charge on any atom is -0.505 e. The first-order chi connectivity index (χ1) is 8.16. The largest absolute Gasteiger partial charge is 0.505 e. The van der Waals surface area contributed by atoms with Crippen molar-refractivity contribution in [1.29, 1.82) is 0 Å². The summed E-state index contributed by atoms with van der Waals surface area (Å²) in [6.07, 6.45) is 2.69. The molecule has 0 aliphatic heterocycles. The van der Waals surface area contributed by atoms with Crippen molar-refractivity contribution in [3.05, 3.63) is 52.8 Å². The molecule has 0 saturated heterocycles. The van der Waals surface area contributed by atoms with Gasteiger partial charge in [0.2, 0.25) is 0 Å². The number of anilines is 1. The van der Waals surface area contributed by atoms with Crippen LogP contribution in [0.4, 0.5) is 5.69 Å². The molecule has 86 valence electrons. The molecule has 5 heteroatoms. The first kappa shape index (κ1) is 11.6. The number of halogens is 1. The number of benzene rings is 1. The van der Waals surface area contributed by atoms with Gasteiger partial charge in [-0.25, -0.2) is 0 Å². The van der Waals surface area contributed by atoms with E-state index in [4.69, 9.17) is 0 Å². The molecule has 1 amide bonds. The van der Waals surface area contributed by atoms with Gasteiger partial charge in [0.15, 0.2) is 0 Å². The second kappa shape index (κ2) is 4.97. The second-order valence-corrected chi connectivity index (χ2v) is 4.27. The standard InChI is InChI=1S/C12H9BrN2O2/c13-8-2-1-3-9(6-8)15-12(17)10-4-5-14-7-11(10)16/h1-7,16H,(H,15,17). The van der Waals surface area contributed by atoms with E-state index >= 15 is 0 Å². The van der Waals surface area contributed by atoms with E-state index in [1.807, 2.05) is 12.1 Å². The molecule has 2 aromatic rings. The summed E-state index contributed by atoms with van der Waals surface area (Å²) in [5.41, 5.74) is 0.848. The quantitative estimate of drug-likeness (QED) is 0.895. The SMILES string of the molecule is O=C(Nc1cccc(Br)c1)c1ccncc1O. The maximum atomic E-state index is 11.8. The summed E-state index contributed by atoms with van der Waals surface area (Å²) < 4.78 is 0.870. The van der Waals surface area contributed by atoms with Crippen LogP contribution < -0.4 is 5.32 Å². The van der Waals surface area contributed by atoms with Crippen LogP contribution in [0.1, 0.15) is 10.4 Å². The topological polar surface area (TPSA) is 62.2 Å². The Labute approximate surface area is 106 Å². The zero-order chi connectivity index (χ0) is 12.3. The van der Waals surface area contributed by atoms with Crippen molar-refractivity contribution in [2.45, 2.75) is 0 Å². The summed E-state index contributed by atoms with van der Waals surface area (Å²) in [6.45, 7) is 0. The Kier molecular flexibility index (Phi) is 3.39. The highest BCUT2D eigenvalue weighted by Crippen LogP contribution is 2.19. The van der Waals surface area contributed by atoms with Crippen LogP contribution in [-0.2, 0) is 0 Å². The number of carbonyl (C=O) groups excluding carboxylic acids is 1. The maximum Gasteiger partial charge on any atom is 0.259 e. The van der Waals surface area contributed by atoms with Crippen molar-refractivity contribution in [3.63, 3.8) is 0 Å². The molecule has 1 aromatic heterocycles. The Bertz CT molecular complexity index is 558. The summed E-state index contributed by atoms with van der Waals surface area (Å²) in [5, 5.41) is 12.2. The molecule has 1 heterocycles. The third-order valence-corrected chi connectivity index (χ3v) is 2.62. The molecule has 4 nitrogen and oxygen atoms in total. The predicted molar refractivity (Wildman–Crippen MR) is 68.0 cm³/mol. The second-order valence-electron chi connectivity index (χ2n) is 3.36. The molecule has 0 radical (unpaired) electrons. The van der Waals surface area contributed by atoms with E-state index in [1.54, 1.807) is 12.1 Å². The lowest BCUT2D eigenvalue weighted by Crippen LogP contribution is -2.12. The molecule has 1 aromatic carbocycles. The van der Waals surface area contributed by atoms with Crippen molar-refractivity contribution in [2.75, 3.05) is 5.32 Å². The zero-order valence-corrected chi connectivity index (χ0v) is 10.3. The number of amides is 1. The first-order valence-corrected chi connectivity index (χ1v) is 5.66. The van der Waals surface area contributed by atoms with Crippen LogP contribution in [-0.4, -0.2) is 16.0 Å². The molecule has 0 aliphatic carbocycles. The molecule has 0 atom stereocenters. The number of pyridine rings is 1. The van der Waals surface area contributed by atoms with Gasteiger partial charge >= 0.3 is 0 Å². The third-order valence-electron chi connectivity index (χ3n) is 2.13. The van der Waals surface area contributed by atoms with Gasteiger partial charge in [0.25, 0.3) is 5.91 Å². The molecule has 2 N–H and O–H groups in total. The molecule has 0 spiro atoms. The van der Waals surface area contributed by atoms with Gasteiger partial charge in [0.1, 0.15) is 5.75 Å². The van der Waals surface area contributed by atoms with Crippen LogP contribution in [0.15, 0.2) is 47.2 Å². The highest BCUT2D eigenvalue weighted by atomic mass is 79.9. The molecule has 0 bridgehead atoms. The Morgan fingerprint density at radius 3 is 2.88 bits per heavy atom. The van der Waals surface area contributed by atoms with Gasteiger partial charge in [0, 0.05) is 16.4 Å². The fourth-order valence-electron chi connectivity index (χ4n) is 1.34. The monoisotopic (exact) mass is 292 g/mol. The minimum absolute atomic E-state index is 0.139. The number of nitrogens with zero attached hydrogens (tertiary/aromatic N) is 1. The molecular formula is C12H9BrN2O2. The molecule has 0 saturated carbocycles. The van der Waals surface area contributed by atoms with Crippen molar-refractivity contribution in [2.24, 2.45) is 0 Å². The lowest BCUT2D eigenvalue weighted by molar-refractivity contribution is 0.102. The zero-order valence-electron chi connectivity index (χ0n) is 8.72. The molecule has 0 fully saturated rings. The van der Waals surface area contributed by atoms with Crippen LogP contribution in [0.2, 0.25) is 0 Å². The van der Waals surface area contributed by atoms with Gasteiger partial charge in [-0.3, -0.25) is 9.78 Å². The third kappa shape index (κ3) is 2.82. The Morgan fingerprint density at radius 2 is 2.18 bits per heavy atom. The molecule has 17 heavy (non-hydrogen) atoms. The lowest BCUT2D eigenvalue weighted by atomic mass is 10.2. The Balaban J connectivity index is 2.20. The highest BCUT2D eigenvalue weighted by molar-refractivity contribution is 9.10. The summed E-state index contributed by atoms with van der Waals surface area (Å²) in [6, 6.07) is 8.67. The van der Waals surface area contributed by atoms with Gasteiger partial charge in [-0.05, 0) is 24.3 Å². The van der Waals surface area contributed by atoms with Crippen molar-refractivity contribution in [1.82, 2.24) is 4.98 Å². The van der Waals surface area contributed by atoms with E-state index in [1.165, 1.54) is 18.5 Å². The summed E-state index contributed by atoms with van der Waals surface area (Å²) in [4.78, 5) is 15.5. The van der Waals surface area contributed by atoms with E-state index in [0.717, 1.165) is 4.47 Å². The minimum atomic E-state index is -0.372. The molecular weight excluding hydrogens is 284 g/mol. The van der Waals surface area contributed by atoms with Gasteiger partial charge < -0.3 is 10.4 Å². The van der Waals surface area contributed by atoms with Crippen molar-refractivity contribution < 1.29 is 9.90 Å². The van der Waals surface area contributed by atoms with Gasteiger partial charge in [-0.2, -0.15) is 0 Å². The average Bonchev–Trinajstić information content (AvgIpc) is 2.29. The van der Waals surface area contributed by atoms with Crippen molar-refractivity contribution >= 4 is 27.5 Å². The van der Waals surface area contributed by atoms with E-state index in [9.17, 15) is 9.90 Å². The predicted octanol–water partition coefficient (Wildman–Crippen LogP) is 2.80. The fraction of sp³-hybridized carbons (Fsp3) is 0. The van der Waals surface area contributed by atoms with E-state index < -0.39 is 0 Å². The molecule has 2 rings (SSSR count). The number of aromatic nitrogens is 1. The van der Waals surface area contributed by atoms with Gasteiger partial charge in [-0.15, -0.1) is 0 Å². The smallest absolute Gasteiger partial charge is 0.259 e. The fourth-order valence-corrected chi connectivity index (χ4v) is 1.74. The average molecular weight is 293 g/mol. The van der Waals surface area contributed by atoms with E-state index in [2.05, 4.69) is 26.2 Å². The normalized spacial score (nSPS) is 9.94. The lowest BCUT2D eigenvalue weighted by Gasteiger charge is -2.06. The first-order valence-electron chi connectivity index (χ1n) is 4.87. The van der Waals surface area contributed by atoms with Crippen LogP contribution in [0.5, 0.6) is 5.75 Å². The maximum absolute atomic E-state index is 11.8. The number of nitrogens with one attached hydrogen (secondary N) is 1. The Morgan fingerprint density at radius 1 is 1.35 bits per heavy atom. The summed E-state index contributed by atoms with van der Waals surface area (Å²) in [5.74, 6) is -0.511. The van der Waals surface area contributed by atoms with Gasteiger partial charge in [0.05, 0.1) is 11.8 Å². The van der Waals surface area contributed by atoms with Crippen LogP contribution in [0.25, 0.3) is 0 Å². The Hall–Kier alpha value is -1.88. The summed E-state index contributed by atoms with van der Waals surface area (Å²) >= 11 is 3.31. The highest BCUT2D eigenvalue weighted by Gasteiger charge is 2.10. The molecule has 0 unspecified atom stereocenters. The van der Waals surface area contributed by atoms with E-state index in [0.29, 0.717) is 5.69 Å². The van der Waals surface area contributed by atoms with Crippen LogP contribution in [0.3, 0.4) is 0 Å². The number of hydrogen-bond acceptors (Lipinski definition) is 3. The number of rotatable bonds is 2. The molecule has 0 aliphatic rings. The van der Waals surface area contributed by atoms with Crippen LogP contribution >= 0.6 is 15.9 Å².